The third-order valence-electron chi connectivity index (χ3n) is 3.48. The highest BCUT2D eigenvalue weighted by molar-refractivity contribution is 7.98. The highest BCUT2D eigenvalue weighted by Crippen LogP contribution is 2.26. The van der Waals surface area contributed by atoms with Gasteiger partial charge < -0.3 is 13.9 Å². The van der Waals surface area contributed by atoms with Gasteiger partial charge in [-0.15, -0.1) is 23.4 Å². The van der Waals surface area contributed by atoms with E-state index in [2.05, 4.69) is 14.9 Å². The molecule has 27 heavy (non-hydrogen) atoms. The number of hydrogen-bond donors (Lipinski definition) is 0. The first-order valence-corrected chi connectivity index (χ1v) is 8.82. The van der Waals surface area contributed by atoms with Crippen LogP contribution in [0.25, 0.3) is 0 Å². The second-order valence-electron chi connectivity index (χ2n) is 5.47. The van der Waals surface area contributed by atoms with Crippen LogP contribution in [0.3, 0.4) is 0 Å². The lowest BCUT2D eigenvalue weighted by Gasteiger charge is -2.08. The Kier molecular flexibility index (Phi) is 5.90. The van der Waals surface area contributed by atoms with Crippen molar-refractivity contribution in [2.24, 2.45) is 0 Å². The molecule has 0 saturated carbocycles. The summed E-state index contributed by atoms with van der Waals surface area (Å²) in [6.45, 7) is 0. The van der Waals surface area contributed by atoms with Crippen LogP contribution in [0.15, 0.2) is 58.2 Å². The molecule has 0 amide bonds. The fraction of sp³-hybridized carbons (Fsp3) is 0.222. The van der Waals surface area contributed by atoms with Gasteiger partial charge in [-0.2, -0.15) is 0 Å². The SMILES string of the molecule is COc1ccc(Cc2nnc(SCc3ccc(OC(F)(F)F)cc3)o2)cc1. The zero-order valence-electron chi connectivity index (χ0n) is 14.2. The Morgan fingerprint density at radius 1 is 0.926 bits per heavy atom. The lowest BCUT2D eigenvalue weighted by molar-refractivity contribution is -0.274. The maximum absolute atomic E-state index is 12.1. The summed E-state index contributed by atoms with van der Waals surface area (Å²) >= 11 is 1.31. The summed E-state index contributed by atoms with van der Waals surface area (Å²) in [7, 11) is 1.60. The summed E-state index contributed by atoms with van der Waals surface area (Å²) in [5.41, 5.74) is 1.82. The molecule has 3 aromatic rings. The first-order valence-electron chi connectivity index (χ1n) is 7.84. The number of aromatic nitrogens is 2. The minimum atomic E-state index is -4.69. The van der Waals surface area contributed by atoms with E-state index < -0.39 is 6.36 Å². The fourth-order valence-electron chi connectivity index (χ4n) is 2.22. The van der Waals surface area contributed by atoms with Crippen LogP contribution < -0.4 is 9.47 Å². The van der Waals surface area contributed by atoms with Crippen molar-refractivity contribution in [3.05, 3.63) is 65.5 Å². The molecule has 142 valence electrons. The van der Waals surface area contributed by atoms with Gasteiger partial charge in [-0.25, -0.2) is 0 Å². The normalized spacial score (nSPS) is 11.4. The molecular weight excluding hydrogens is 381 g/mol. The van der Waals surface area contributed by atoms with E-state index in [-0.39, 0.29) is 5.75 Å². The molecule has 9 heteroatoms. The summed E-state index contributed by atoms with van der Waals surface area (Å²) < 4.78 is 51.0. The zero-order chi connectivity index (χ0) is 19.3. The molecule has 5 nitrogen and oxygen atoms in total. The van der Waals surface area contributed by atoms with Gasteiger partial charge in [0.2, 0.25) is 5.89 Å². The first-order chi connectivity index (χ1) is 12.9. The number of benzene rings is 2. The van der Waals surface area contributed by atoms with Crippen LogP contribution in [0.4, 0.5) is 13.2 Å². The average Bonchev–Trinajstić information content (AvgIpc) is 3.08. The van der Waals surface area contributed by atoms with Crippen LogP contribution in [0.2, 0.25) is 0 Å². The molecule has 1 aromatic heterocycles. The van der Waals surface area contributed by atoms with E-state index in [1.807, 2.05) is 24.3 Å². The topological polar surface area (TPSA) is 57.4 Å². The van der Waals surface area contributed by atoms with Gasteiger partial charge >= 0.3 is 6.36 Å². The second kappa shape index (κ2) is 8.34. The summed E-state index contributed by atoms with van der Waals surface area (Å²) in [5, 5.41) is 8.38. The summed E-state index contributed by atoms with van der Waals surface area (Å²) in [4.78, 5) is 0. The van der Waals surface area contributed by atoms with E-state index in [9.17, 15) is 13.2 Å². The molecule has 0 aliphatic rings. The number of halogens is 3. The maximum Gasteiger partial charge on any atom is 0.573 e. The zero-order valence-corrected chi connectivity index (χ0v) is 15.0. The average molecular weight is 396 g/mol. The third kappa shape index (κ3) is 5.92. The third-order valence-corrected chi connectivity index (χ3v) is 4.37. The van der Waals surface area contributed by atoms with Crippen LogP contribution in [0, 0.1) is 0 Å². The monoisotopic (exact) mass is 396 g/mol. The highest BCUT2D eigenvalue weighted by atomic mass is 32.2. The molecule has 3 rings (SSSR count). The van der Waals surface area contributed by atoms with Crippen LogP contribution in [-0.2, 0) is 12.2 Å². The number of alkyl halides is 3. The highest BCUT2D eigenvalue weighted by Gasteiger charge is 2.30. The van der Waals surface area contributed by atoms with E-state index in [1.54, 1.807) is 19.2 Å². The molecule has 0 radical (unpaired) electrons. The molecule has 0 fully saturated rings. The molecule has 0 atom stereocenters. The molecule has 0 bridgehead atoms. The van der Waals surface area contributed by atoms with Crippen molar-refractivity contribution >= 4 is 11.8 Å². The van der Waals surface area contributed by atoms with Crippen molar-refractivity contribution < 1.29 is 27.1 Å². The molecule has 1 heterocycles. The van der Waals surface area contributed by atoms with E-state index in [1.165, 1.54) is 23.9 Å². The minimum absolute atomic E-state index is 0.254. The van der Waals surface area contributed by atoms with E-state index in [0.29, 0.717) is 23.3 Å². The summed E-state index contributed by atoms with van der Waals surface area (Å²) in [5.74, 6) is 1.48. The van der Waals surface area contributed by atoms with Crippen LogP contribution in [0.1, 0.15) is 17.0 Å². The summed E-state index contributed by atoms with van der Waals surface area (Å²) in [6.07, 6.45) is -4.19. The lowest BCUT2D eigenvalue weighted by atomic mass is 10.1. The Balaban J connectivity index is 1.53. The number of nitrogens with zero attached hydrogens (tertiary/aromatic N) is 2. The Morgan fingerprint density at radius 3 is 2.19 bits per heavy atom. The van der Waals surface area contributed by atoms with Crippen molar-refractivity contribution in [1.82, 2.24) is 10.2 Å². The molecule has 2 aromatic carbocycles. The minimum Gasteiger partial charge on any atom is -0.497 e. The van der Waals surface area contributed by atoms with Crippen LogP contribution in [0.5, 0.6) is 11.5 Å². The van der Waals surface area contributed by atoms with E-state index in [4.69, 9.17) is 9.15 Å². The molecule has 0 unspecified atom stereocenters. The number of methoxy groups -OCH3 is 1. The van der Waals surface area contributed by atoms with Gasteiger partial charge in [0.05, 0.1) is 13.5 Å². The van der Waals surface area contributed by atoms with Crippen molar-refractivity contribution in [1.29, 1.82) is 0 Å². The van der Waals surface area contributed by atoms with Gasteiger partial charge in [0, 0.05) is 5.75 Å². The number of thioether (sulfide) groups is 1. The second-order valence-corrected chi connectivity index (χ2v) is 6.39. The van der Waals surface area contributed by atoms with Gasteiger partial charge in [-0.3, -0.25) is 0 Å². The quantitative estimate of drug-likeness (QED) is 0.532. The van der Waals surface area contributed by atoms with Gasteiger partial charge in [0.1, 0.15) is 11.5 Å². The van der Waals surface area contributed by atoms with Gasteiger partial charge in [-0.1, -0.05) is 36.0 Å². The number of rotatable bonds is 7. The van der Waals surface area contributed by atoms with Gasteiger partial charge in [0.15, 0.2) is 0 Å². The molecule has 0 aliphatic heterocycles. The first kappa shape index (κ1) is 19.1. The Labute approximate surface area is 157 Å². The molecular formula is C18H15F3N2O3S. The van der Waals surface area contributed by atoms with Crippen molar-refractivity contribution in [2.75, 3.05) is 7.11 Å². The van der Waals surface area contributed by atoms with Gasteiger partial charge in [-0.05, 0) is 35.4 Å². The smallest absolute Gasteiger partial charge is 0.497 e. The lowest BCUT2D eigenvalue weighted by Crippen LogP contribution is -2.16. The molecule has 0 aliphatic carbocycles. The standard InChI is InChI=1S/C18H15F3N2O3S/c1-24-14-6-2-12(3-7-14)10-16-22-23-17(25-16)27-11-13-4-8-15(9-5-13)26-18(19,20)21/h2-9H,10-11H2,1H3. The number of hydrogen-bond acceptors (Lipinski definition) is 6. The summed E-state index contributed by atoms with van der Waals surface area (Å²) in [6, 6.07) is 13.2. The molecule has 0 spiro atoms. The van der Waals surface area contributed by atoms with Crippen LogP contribution >= 0.6 is 11.8 Å². The Morgan fingerprint density at radius 2 is 1.56 bits per heavy atom. The number of ether oxygens (including phenoxy) is 2. The van der Waals surface area contributed by atoms with Crippen molar-refractivity contribution in [2.45, 2.75) is 23.8 Å². The Bertz CT molecular complexity index is 865. The van der Waals surface area contributed by atoms with E-state index in [0.717, 1.165) is 16.9 Å². The van der Waals surface area contributed by atoms with Crippen molar-refractivity contribution in [3.63, 3.8) is 0 Å². The predicted molar refractivity (Wildman–Crippen MR) is 92.8 cm³/mol. The predicted octanol–water partition coefficient (Wildman–Crippen LogP) is 4.86. The van der Waals surface area contributed by atoms with Crippen molar-refractivity contribution in [3.8, 4) is 11.5 Å². The van der Waals surface area contributed by atoms with Gasteiger partial charge in [0.25, 0.3) is 5.22 Å². The maximum atomic E-state index is 12.1. The molecule has 0 saturated heterocycles. The van der Waals surface area contributed by atoms with Crippen LogP contribution in [-0.4, -0.2) is 23.7 Å². The fourth-order valence-corrected chi connectivity index (χ4v) is 2.95. The molecule has 0 N–H and O–H groups in total. The largest absolute Gasteiger partial charge is 0.573 e. The van der Waals surface area contributed by atoms with E-state index >= 15 is 0 Å². The Hall–Kier alpha value is -2.68.